The van der Waals surface area contributed by atoms with Crippen LogP contribution in [0.2, 0.25) is 0 Å². The summed E-state index contributed by atoms with van der Waals surface area (Å²) in [6, 6.07) is 20.1. The highest BCUT2D eigenvalue weighted by molar-refractivity contribution is 5.56. The topological polar surface area (TPSA) is 49.0 Å². The quantitative estimate of drug-likeness (QED) is 0.616. The first-order valence-electron chi connectivity index (χ1n) is 9.70. The maximum atomic E-state index is 6.15. The largest absolute Gasteiger partial charge is 0.493 e. The number of hydrogen-bond acceptors (Lipinski definition) is 5. The maximum Gasteiger partial charge on any atom is 0.166 e. The summed E-state index contributed by atoms with van der Waals surface area (Å²) in [6.45, 7) is 4.32. The lowest BCUT2D eigenvalue weighted by atomic mass is 10.1. The first kappa shape index (κ1) is 19.0. The second-order valence-electron chi connectivity index (χ2n) is 6.93. The van der Waals surface area contributed by atoms with Crippen LogP contribution in [0.4, 0.5) is 5.69 Å². The van der Waals surface area contributed by atoms with Gasteiger partial charge in [0.1, 0.15) is 19.8 Å². The van der Waals surface area contributed by atoms with Crippen molar-refractivity contribution in [3.8, 4) is 23.0 Å². The Morgan fingerprint density at radius 1 is 0.931 bits per heavy atom. The molecule has 150 valence electrons. The van der Waals surface area contributed by atoms with Crippen LogP contribution in [0.5, 0.6) is 23.0 Å². The summed E-state index contributed by atoms with van der Waals surface area (Å²) in [4.78, 5) is 0. The molecule has 4 rings (SSSR count). The first-order chi connectivity index (χ1) is 14.2. The lowest BCUT2D eigenvalue weighted by Gasteiger charge is -2.20. The van der Waals surface area contributed by atoms with Crippen molar-refractivity contribution < 1.29 is 18.9 Å². The van der Waals surface area contributed by atoms with Crippen molar-refractivity contribution in [3.63, 3.8) is 0 Å². The third-order valence-electron chi connectivity index (χ3n) is 4.81. The van der Waals surface area contributed by atoms with E-state index in [-0.39, 0.29) is 0 Å². The number of methoxy groups -OCH3 is 1. The molecule has 0 amide bonds. The number of nitrogens with one attached hydrogen (secondary N) is 1. The molecule has 0 saturated heterocycles. The van der Waals surface area contributed by atoms with E-state index in [1.165, 1.54) is 5.56 Å². The molecule has 1 heterocycles. The molecule has 0 aromatic heterocycles. The zero-order valence-corrected chi connectivity index (χ0v) is 16.7. The fourth-order valence-electron chi connectivity index (χ4n) is 3.22. The molecule has 5 nitrogen and oxygen atoms in total. The number of fused-ring (bicyclic) bond motifs is 1. The summed E-state index contributed by atoms with van der Waals surface area (Å²) in [5, 5.41) is 3.44. The van der Waals surface area contributed by atoms with Crippen LogP contribution in [0.3, 0.4) is 0 Å². The predicted octanol–water partition coefficient (Wildman–Crippen LogP) is 4.97. The lowest BCUT2D eigenvalue weighted by molar-refractivity contribution is 0.171. The van der Waals surface area contributed by atoms with Crippen molar-refractivity contribution in [1.82, 2.24) is 0 Å². The average Bonchev–Trinajstić information content (AvgIpc) is 2.77. The van der Waals surface area contributed by atoms with Crippen molar-refractivity contribution in [2.45, 2.75) is 20.1 Å². The van der Waals surface area contributed by atoms with E-state index in [1.807, 2.05) is 36.4 Å². The SMILES string of the molecule is COc1cccc(CNc2ccc3c(c2)OCCO3)c1OCc1ccc(C)cc1. The normalized spacial score (nSPS) is 12.3. The van der Waals surface area contributed by atoms with Crippen LogP contribution in [-0.4, -0.2) is 20.3 Å². The van der Waals surface area contributed by atoms with Gasteiger partial charge in [-0.1, -0.05) is 42.0 Å². The first-order valence-corrected chi connectivity index (χ1v) is 9.70. The highest BCUT2D eigenvalue weighted by Gasteiger charge is 2.14. The van der Waals surface area contributed by atoms with Crippen molar-refractivity contribution in [2.24, 2.45) is 0 Å². The molecule has 3 aromatic rings. The second kappa shape index (κ2) is 8.78. The molecular weight excluding hydrogens is 366 g/mol. The number of anilines is 1. The van der Waals surface area contributed by atoms with Gasteiger partial charge in [0.05, 0.1) is 7.11 Å². The van der Waals surface area contributed by atoms with Crippen LogP contribution in [-0.2, 0) is 13.2 Å². The van der Waals surface area contributed by atoms with E-state index < -0.39 is 0 Å². The Kier molecular flexibility index (Phi) is 5.75. The molecule has 0 unspecified atom stereocenters. The van der Waals surface area contributed by atoms with Gasteiger partial charge in [0.25, 0.3) is 0 Å². The maximum absolute atomic E-state index is 6.15. The smallest absolute Gasteiger partial charge is 0.166 e. The number of ether oxygens (including phenoxy) is 4. The van der Waals surface area contributed by atoms with Crippen molar-refractivity contribution in [3.05, 3.63) is 77.4 Å². The Hall–Kier alpha value is -3.34. The fourth-order valence-corrected chi connectivity index (χ4v) is 3.22. The molecule has 1 N–H and O–H groups in total. The molecule has 5 heteroatoms. The van der Waals surface area contributed by atoms with Crippen LogP contribution in [0.25, 0.3) is 0 Å². The molecule has 0 atom stereocenters. The van der Waals surface area contributed by atoms with Gasteiger partial charge in [0.2, 0.25) is 0 Å². The van der Waals surface area contributed by atoms with Gasteiger partial charge in [-0.25, -0.2) is 0 Å². The summed E-state index contributed by atoms with van der Waals surface area (Å²) in [5.41, 5.74) is 4.33. The lowest BCUT2D eigenvalue weighted by Crippen LogP contribution is -2.15. The molecular formula is C24H25NO4. The number of rotatable bonds is 7. The van der Waals surface area contributed by atoms with Crippen LogP contribution in [0, 0.1) is 6.92 Å². The van der Waals surface area contributed by atoms with Crippen molar-refractivity contribution in [2.75, 3.05) is 25.6 Å². The highest BCUT2D eigenvalue weighted by atomic mass is 16.6. The van der Waals surface area contributed by atoms with Gasteiger partial charge < -0.3 is 24.3 Å². The monoisotopic (exact) mass is 391 g/mol. The molecule has 0 radical (unpaired) electrons. The number of aryl methyl sites for hydroxylation is 1. The van der Waals surface area contributed by atoms with Crippen LogP contribution >= 0.6 is 0 Å². The zero-order valence-electron chi connectivity index (χ0n) is 16.7. The van der Waals surface area contributed by atoms with E-state index >= 15 is 0 Å². The molecule has 0 spiro atoms. The predicted molar refractivity (Wildman–Crippen MR) is 113 cm³/mol. The minimum absolute atomic E-state index is 0.484. The van der Waals surface area contributed by atoms with E-state index in [9.17, 15) is 0 Å². The van der Waals surface area contributed by atoms with Gasteiger partial charge in [0, 0.05) is 23.9 Å². The van der Waals surface area contributed by atoms with Crippen molar-refractivity contribution >= 4 is 5.69 Å². The van der Waals surface area contributed by atoms with Gasteiger partial charge in [-0.15, -0.1) is 0 Å². The number of hydrogen-bond donors (Lipinski definition) is 1. The van der Waals surface area contributed by atoms with Crippen LogP contribution in [0.1, 0.15) is 16.7 Å². The minimum Gasteiger partial charge on any atom is -0.493 e. The standard InChI is InChI=1S/C24H25NO4/c1-17-6-8-18(9-7-17)16-29-24-19(4-3-5-22(24)26-2)15-25-20-10-11-21-23(14-20)28-13-12-27-21/h3-11,14,25H,12-13,15-16H2,1-2H3. The van der Waals surface area contributed by atoms with E-state index in [1.54, 1.807) is 7.11 Å². The average molecular weight is 391 g/mol. The minimum atomic E-state index is 0.484. The summed E-state index contributed by atoms with van der Waals surface area (Å²) in [5.74, 6) is 3.02. The molecule has 1 aliphatic rings. The van der Waals surface area contributed by atoms with E-state index in [0.717, 1.165) is 39.8 Å². The second-order valence-corrected chi connectivity index (χ2v) is 6.93. The summed E-state index contributed by atoms with van der Waals surface area (Å²) < 4.78 is 22.9. The Bertz CT molecular complexity index is 969. The molecule has 0 fully saturated rings. The Morgan fingerprint density at radius 3 is 2.52 bits per heavy atom. The van der Waals surface area contributed by atoms with Crippen molar-refractivity contribution in [1.29, 1.82) is 0 Å². The molecule has 1 aliphatic heterocycles. The van der Waals surface area contributed by atoms with E-state index in [0.29, 0.717) is 26.4 Å². The molecule has 0 bridgehead atoms. The van der Waals surface area contributed by atoms with Gasteiger partial charge in [-0.3, -0.25) is 0 Å². The van der Waals surface area contributed by atoms with Gasteiger partial charge in [0.15, 0.2) is 23.0 Å². The molecule has 0 saturated carbocycles. The summed E-state index contributed by atoms with van der Waals surface area (Å²) in [6.07, 6.45) is 0. The number of para-hydroxylation sites is 1. The highest BCUT2D eigenvalue weighted by Crippen LogP contribution is 2.35. The molecule has 29 heavy (non-hydrogen) atoms. The third-order valence-corrected chi connectivity index (χ3v) is 4.81. The fraction of sp³-hybridized carbons (Fsp3) is 0.250. The van der Waals surface area contributed by atoms with Gasteiger partial charge in [-0.2, -0.15) is 0 Å². The summed E-state index contributed by atoms with van der Waals surface area (Å²) >= 11 is 0. The molecule has 3 aromatic carbocycles. The van der Waals surface area contributed by atoms with E-state index in [2.05, 4.69) is 36.5 Å². The third kappa shape index (κ3) is 4.57. The van der Waals surface area contributed by atoms with Crippen LogP contribution in [0.15, 0.2) is 60.7 Å². The zero-order chi connectivity index (χ0) is 20.1. The summed E-state index contributed by atoms with van der Waals surface area (Å²) in [7, 11) is 1.66. The number of benzene rings is 3. The Labute approximate surface area is 171 Å². The van der Waals surface area contributed by atoms with Crippen LogP contribution < -0.4 is 24.3 Å². The van der Waals surface area contributed by atoms with E-state index in [4.69, 9.17) is 18.9 Å². The molecule has 0 aliphatic carbocycles. The van der Waals surface area contributed by atoms with Gasteiger partial charge >= 0.3 is 0 Å². The Balaban J connectivity index is 1.48. The van der Waals surface area contributed by atoms with Gasteiger partial charge in [-0.05, 0) is 30.7 Å². The Morgan fingerprint density at radius 2 is 1.72 bits per heavy atom.